The van der Waals surface area contributed by atoms with Crippen LogP contribution in [0, 0.1) is 13.8 Å². The van der Waals surface area contributed by atoms with Crippen LogP contribution in [0.25, 0.3) is 0 Å². The average Bonchev–Trinajstić information content (AvgIpc) is 2.40. The molecule has 1 heterocycles. The number of nitrogens with zero attached hydrogens (tertiary/aromatic N) is 1. The quantitative estimate of drug-likeness (QED) is 0.848. The number of aromatic nitrogens is 1. The number of hydrogen-bond donors (Lipinski definition) is 1. The fourth-order valence-corrected chi connectivity index (χ4v) is 3.35. The molecule has 0 saturated carbocycles. The lowest BCUT2D eigenvalue weighted by Gasteiger charge is -2.15. The summed E-state index contributed by atoms with van der Waals surface area (Å²) >= 11 is 5.19. The van der Waals surface area contributed by atoms with Crippen molar-refractivity contribution in [2.45, 2.75) is 24.9 Å². The first-order valence-electron chi connectivity index (χ1n) is 6.14. The molecule has 0 spiro atoms. The molecule has 0 aliphatic heterocycles. The highest BCUT2D eigenvalue weighted by atomic mass is 79.9. The van der Waals surface area contributed by atoms with Crippen molar-refractivity contribution in [1.29, 1.82) is 0 Å². The molecule has 2 nitrogen and oxygen atoms in total. The van der Waals surface area contributed by atoms with E-state index in [2.05, 4.69) is 53.0 Å². The molecular weight excluding hydrogens is 320 g/mol. The highest BCUT2D eigenvalue weighted by molar-refractivity contribution is 9.10. The van der Waals surface area contributed by atoms with Crippen LogP contribution in [0.5, 0.6) is 0 Å². The van der Waals surface area contributed by atoms with E-state index in [1.165, 1.54) is 16.7 Å². The van der Waals surface area contributed by atoms with E-state index in [0.717, 1.165) is 15.3 Å². The summed E-state index contributed by atoms with van der Waals surface area (Å²) in [7, 11) is 0. The third-order valence-corrected chi connectivity index (χ3v) is 4.99. The van der Waals surface area contributed by atoms with Gasteiger partial charge in [-0.1, -0.05) is 23.8 Å². The van der Waals surface area contributed by atoms with Crippen LogP contribution in [0.15, 0.2) is 46.0 Å². The minimum absolute atomic E-state index is 0.0267. The average molecular weight is 337 g/mol. The number of benzene rings is 1. The second kappa shape index (κ2) is 6.55. The summed E-state index contributed by atoms with van der Waals surface area (Å²) in [5, 5.41) is 0.989. The first-order chi connectivity index (χ1) is 9.08. The zero-order valence-electron chi connectivity index (χ0n) is 11.1. The number of aryl methyl sites for hydroxylation is 2. The normalized spacial score (nSPS) is 12.4. The van der Waals surface area contributed by atoms with Gasteiger partial charge in [-0.05, 0) is 53.0 Å². The Morgan fingerprint density at radius 1 is 1.32 bits per heavy atom. The van der Waals surface area contributed by atoms with E-state index >= 15 is 0 Å². The molecule has 2 rings (SSSR count). The van der Waals surface area contributed by atoms with E-state index in [9.17, 15) is 0 Å². The lowest BCUT2D eigenvalue weighted by molar-refractivity contribution is 0.819. The largest absolute Gasteiger partial charge is 0.323 e. The molecule has 0 fully saturated rings. The molecule has 0 aliphatic carbocycles. The smallest absolute Gasteiger partial charge is 0.110 e. The van der Waals surface area contributed by atoms with Gasteiger partial charge in [0.25, 0.3) is 0 Å². The maximum atomic E-state index is 6.30. The lowest BCUT2D eigenvalue weighted by atomic mass is 10.0. The Hall–Kier alpha value is -0.840. The van der Waals surface area contributed by atoms with Gasteiger partial charge in [-0.25, -0.2) is 4.98 Å². The molecule has 1 unspecified atom stereocenters. The molecule has 1 aromatic heterocycles. The Bertz CT molecular complexity index is 572. The maximum absolute atomic E-state index is 6.30. The molecule has 0 aliphatic rings. The van der Waals surface area contributed by atoms with E-state index in [4.69, 9.17) is 5.73 Å². The van der Waals surface area contributed by atoms with Gasteiger partial charge in [0.05, 0.1) is 0 Å². The van der Waals surface area contributed by atoms with E-state index in [1.54, 1.807) is 18.0 Å². The number of thioether (sulfide) groups is 1. The second-order valence-electron chi connectivity index (χ2n) is 4.57. The van der Waals surface area contributed by atoms with Crippen molar-refractivity contribution in [3.8, 4) is 0 Å². The molecule has 0 amide bonds. The summed E-state index contributed by atoms with van der Waals surface area (Å²) in [5.41, 5.74) is 10.0. The van der Waals surface area contributed by atoms with Crippen molar-refractivity contribution in [2.24, 2.45) is 5.73 Å². The van der Waals surface area contributed by atoms with Crippen molar-refractivity contribution in [2.75, 3.05) is 5.75 Å². The van der Waals surface area contributed by atoms with Crippen molar-refractivity contribution in [3.05, 3.63) is 57.7 Å². The number of pyridine rings is 1. The van der Waals surface area contributed by atoms with E-state index in [0.29, 0.717) is 0 Å². The topological polar surface area (TPSA) is 38.9 Å². The standard InChI is InChI=1S/C15H17BrN2S/c1-10-5-6-11(2)12(8-10)14(17)9-19-15-13(16)4-3-7-18-15/h3-8,14H,9,17H2,1-2H3. The summed E-state index contributed by atoms with van der Waals surface area (Å²) < 4.78 is 1.02. The zero-order valence-corrected chi connectivity index (χ0v) is 13.5. The highest BCUT2D eigenvalue weighted by Gasteiger charge is 2.11. The minimum Gasteiger partial charge on any atom is -0.323 e. The number of nitrogens with two attached hydrogens (primary N) is 1. The lowest BCUT2D eigenvalue weighted by Crippen LogP contribution is -2.14. The summed E-state index contributed by atoms with van der Waals surface area (Å²) in [6.45, 7) is 4.20. The summed E-state index contributed by atoms with van der Waals surface area (Å²) in [6.07, 6.45) is 1.80. The van der Waals surface area contributed by atoms with Crippen molar-refractivity contribution >= 4 is 27.7 Å². The van der Waals surface area contributed by atoms with Crippen LogP contribution in [0.1, 0.15) is 22.7 Å². The van der Waals surface area contributed by atoms with Gasteiger partial charge in [0.2, 0.25) is 0 Å². The zero-order chi connectivity index (χ0) is 13.8. The molecule has 1 aromatic carbocycles. The maximum Gasteiger partial charge on any atom is 0.110 e. The molecule has 0 bridgehead atoms. The van der Waals surface area contributed by atoms with Gasteiger partial charge in [-0.3, -0.25) is 0 Å². The van der Waals surface area contributed by atoms with Gasteiger partial charge in [0.15, 0.2) is 0 Å². The summed E-state index contributed by atoms with van der Waals surface area (Å²) in [5.74, 6) is 0.819. The van der Waals surface area contributed by atoms with Crippen LogP contribution < -0.4 is 5.73 Å². The predicted molar refractivity (Wildman–Crippen MR) is 85.5 cm³/mol. The molecule has 0 radical (unpaired) electrons. The van der Waals surface area contributed by atoms with Crippen LogP contribution in [-0.2, 0) is 0 Å². The molecule has 4 heteroatoms. The second-order valence-corrected chi connectivity index (χ2v) is 6.43. The Balaban J connectivity index is 2.07. The van der Waals surface area contributed by atoms with Gasteiger partial charge in [-0.2, -0.15) is 0 Å². The van der Waals surface area contributed by atoms with Gasteiger partial charge in [-0.15, -0.1) is 11.8 Å². The van der Waals surface area contributed by atoms with Gasteiger partial charge < -0.3 is 5.73 Å². The number of rotatable bonds is 4. The summed E-state index contributed by atoms with van der Waals surface area (Å²) in [4.78, 5) is 4.34. The molecule has 2 N–H and O–H groups in total. The van der Waals surface area contributed by atoms with Gasteiger partial charge in [0, 0.05) is 22.5 Å². The van der Waals surface area contributed by atoms with Crippen LogP contribution in [0.2, 0.25) is 0 Å². The SMILES string of the molecule is Cc1ccc(C)c(C(N)CSc2ncccc2Br)c1. The van der Waals surface area contributed by atoms with Crippen molar-refractivity contribution in [1.82, 2.24) is 4.98 Å². The van der Waals surface area contributed by atoms with E-state index in [-0.39, 0.29) is 6.04 Å². The predicted octanol–water partition coefficient (Wildman–Crippen LogP) is 4.25. The monoisotopic (exact) mass is 336 g/mol. The fourth-order valence-electron chi connectivity index (χ4n) is 1.90. The molecule has 1 atom stereocenters. The Morgan fingerprint density at radius 2 is 2.11 bits per heavy atom. The van der Waals surface area contributed by atoms with Crippen molar-refractivity contribution in [3.63, 3.8) is 0 Å². The first kappa shape index (κ1) is 14.6. The molecule has 2 aromatic rings. The Morgan fingerprint density at radius 3 is 2.84 bits per heavy atom. The fraction of sp³-hybridized carbons (Fsp3) is 0.267. The Kier molecular flexibility index (Phi) is 5.02. The third-order valence-electron chi connectivity index (χ3n) is 2.96. The van der Waals surface area contributed by atoms with E-state index < -0.39 is 0 Å². The number of hydrogen-bond acceptors (Lipinski definition) is 3. The third kappa shape index (κ3) is 3.81. The van der Waals surface area contributed by atoms with Crippen molar-refractivity contribution < 1.29 is 0 Å². The first-order valence-corrected chi connectivity index (χ1v) is 7.92. The minimum atomic E-state index is 0.0267. The Labute approximate surface area is 126 Å². The van der Waals surface area contributed by atoms with Gasteiger partial charge >= 0.3 is 0 Å². The molecule has 0 saturated heterocycles. The molecule has 100 valence electrons. The van der Waals surface area contributed by atoms with Crippen LogP contribution in [-0.4, -0.2) is 10.7 Å². The van der Waals surface area contributed by atoms with Crippen LogP contribution in [0.4, 0.5) is 0 Å². The summed E-state index contributed by atoms with van der Waals surface area (Å²) in [6, 6.07) is 10.4. The number of halogens is 1. The highest BCUT2D eigenvalue weighted by Crippen LogP contribution is 2.28. The van der Waals surface area contributed by atoms with Crippen LogP contribution in [0.3, 0.4) is 0 Å². The molecular formula is C15H17BrN2S. The van der Waals surface area contributed by atoms with Gasteiger partial charge in [0.1, 0.15) is 5.03 Å². The van der Waals surface area contributed by atoms with E-state index in [1.807, 2.05) is 12.1 Å². The molecule has 19 heavy (non-hydrogen) atoms. The van der Waals surface area contributed by atoms with Crippen LogP contribution >= 0.6 is 27.7 Å².